The summed E-state index contributed by atoms with van der Waals surface area (Å²) in [6, 6.07) is 1.96. The van der Waals surface area contributed by atoms with Crippen LogP contribution >= 0.6 is 0 Å². The molecular formula is C13H17N5O. The van der Waals surface area contributed by atoms with E-state index < -0.39 is 5.72 Å². The van der Waals surface area contributed by atoms with E-state index in [1.165, 1.54) is 0 Å². The summed E-state index contributed by atoms with van der Waals surface area (Å²) in [5.41, 5.74) is -0.0356. The summed E-state index contributed by atoms with van der Waals surface area (Å²) in [6.07, 6.45) is 7.41. The third-order valence-corrected chi connectivity index (χ3v) is 3.31. The second-order valence-corrected chi connectivity index (χ2v) is 5.15. The number of aromatic amines is 1. The van der Waals surface area contributed by atoms with Crippen molar-refractivity contribution < 1.29 is 5.11 Å². The Morgan fingerprint density at radius 2 is 2.21 bits per heavy atom. The highest BCUT2D eigenvalue weighted by Gasteiger charge is 2.27. The van der Waals surface area contributed by atoms with Crippen molar-refractivity contribution in [2.45, 2.75) is 19.6 Å². The molecule has 0 fully saturated rings. The van der Waals surface area contributed by atoms with Crippen molar-refractivity contribution in [1.29, 1.82) is 0 Å². The first kappa shape index (κ1) is 12.1. The van der Waals surface area contributed by atoms with Crippen LogP contribution < -0.4 is 4.90 Å². The number of H-pyrrole nitrogens is 1. The lowest BCUT2D eigenvalue weighted by atomic mass is 10.2. The van der Waals surface area contributed by atoms with Crippen molar-refractivity contribution in [1.82, 2.24) is 19.9 Å². The van der Waals surface area contributed by atoms with Crippen LogP contribution in [0, 0.1) is 0 Å². The molecular weight excluding hydrogens is 242 g/mol. The van der Waals surface area contributed by atoms with E-state index in [1.807, 2.05) is 34.3 Å². The molecule has 3 heterocycles. The molecule has 0 radical (unpaired) electrons. The van der Waals surface area contributed by atoms with Crippen molar-refractivity contribution in [3.63, 3.8) is 0 Å². The highest BCUT2D eigenvalue weighted by atomic mass is 16.3. The number of aliphatic hydroxyl groups is 1. The van der Waals surface area contributed by atoms with Gasteiger partial charge in [-0.05, 0) is 19.9 Å². The lowest BCUT2D eigenvalue weighted by molar-refractivity contribution is -0.0725. The summed E-state index contributed by atoms with van der Waals surface area (Å²) in [5.74, 6) is 0.844. The van der Waals surface area contributed by atoms with Crippen molar-refractivity contribution in [2.75, 3.05) is 18.1 Å². The number of nitrogens with one attached hydrogen (secondary N) is 1. The summed E-state index contributed by atoms with van der Waals surface area (Å²) < 4.78 is 0. The largest absolute Gasteiger partial charge is 0.376 e. The Labute approximate surface area is 111 Å². The molecule has 100 valence electrons. The summed E-state index contributed by atoms with van der Waals surface area (Å²) >= 11 is 0. The topological polar surface area (TPSA) is 68.3 Å². The number of rotatable bonds is 2. The van der Waals surface area contributed by atoms with Crippen molar-refractivity contribution in [2.24, 2.45) is 0 Å². The fraction of sp³-hybridized carbons (Fsp3) is 0.385. The number of fused-ring (bicyclic) bond motifs is 1. The molecule has 0 aromatic carbocycles. The molecule has 0 saturated carbocycles. The van der Waals surface area contributed by atoms with Gasteiger partial charge in [0.05, 0.1) is 12.1 Å². The first-order valence-electron chi connectivity index (χ1n) is 6.24. The van der Waals surface area contributed by atoms with Gasteiger partial charge in [-0.2, -0.15) is 0 Å². The quantitative estimate of drug-likeness (QED) is 0.850. The standard InChI is InChI=1S/C13H17N5O/c1-13(2,19)18-7-3-6-17(9-18)12-10-4-5-14-11(10)15-8-16-12/h3-6,8,19H,7,9H2,1-2H3,(H,14,15,16). The number of anilines is 1. The fourth-order valence-corrected chi connectivity index (χ4v) is 2.21. The molecule has 2 aromatic heterocycles. The number of hydrogen-bond acceptors (Lipinski definition) is 5. The van der Waals surface area contributed by atoms with Crippen LogP contribution in [-0.4, -0.2) is 43.9 Å². The summed E-state index contributed by atoms with van der Waals surface area (Å²) in [6.45, 7) is 4.89. The second kappa shape index (κ2) is 4.32. The highest BCUT2D eigenvalue weighted by molar-refractivity contribution is 5.87. The summed E-state index contributed by atoms with van der Waals surface area (Å²) in [7, 11) is 0. The third-order valence-electron chi connectivity index (χ3n) is 3.31. The zero-order valence-electron chi connectivity index (χ0n) is 11.0. The molecule has 0 amide bonds. The zero-order valence-corrected chi connectivity index (χ0v) is 11.0. The fourth-order valence-electron chi connectivity index (χ4n) is 2.21. The predicted octanol–water partition coefficient (Wildman–Crippen LogP) is 1.28. The van der Waals surface area contributed by atoms with Gasteiger partial charge in [-0.15, -0.1) is 0 Å². The van der Waals surface area contributed by atoms with Gasteiger partial charge in [0.1, 0.15) is 23.5 Å². The van der Waals surface area contributed by atoms with E-state index in [2.05, 4.69) is 15.0 Å². The maximum absolute atomic E-state index is 10.1. The molecule has 0 unspecified atom stereocenters. The maximum Gasteiger partial charge on any atom is 0.146 e. The average Bonchev–Trinajstić information content (AvgIpc) is 2.86. The summed E-state index contributed by atoms with van der Waals surface area (Å²) in [5, 5.41) is 11.1. The van der Waals surface area contributed by atoms with Gasteiger partial charge in [0, 0.05) is 18.9 Å². The monoisotopic (exact) mass is 259 g/mol. The van der Waals surface area contributed by atoms with E-state index in [0.717, 1.165) is 23.4 Å². The lowest BCUT2D eigenvalue weighted by Crippen LogP contribution is -2.50. The molecule has 0 spiro atoms. The summed E-state index contributed by atoms with van der Waals surface area (Å²) in [4.78, 5) is 15.6. The predicted molar refractivity (Wildman–Crippen MR) is 73.4 cm³/mol. The van der Waals surface area contributed by atoms with E-state index in [-0.39, 0.29) is 0 Å². The Morgan fingerprint density at radius 3 is 3.00 bits per heavy atom. The number of nitrogens with zero attached hydrogens (tertiary/aromatic N) is 4. The Kier molecular flexibility index (Phi) is 2.76. The van der Waals surface area contributed by atoms with Gasteiger partial charge >= 0.3 is 0 Å². The smallest absolute Gasteiger partial charge is 0.146 e. The molecule has 0 atom stereocenters. The van der Waals surface area contributed by atoms with Crippen LogP contribution in [0.3, 0.4) is 0 Å². The first-order chi connectivity index (χ1) is 9.05. The van der Waals surface area contributed by atoms with Crippen LogP contribution in [-0.2, 0) is 0 Å². The molecule has 19 heavy (non-hydrogen) atoms. The molecule has 3 rings (SSSR count). The van der Waals surface area contributed by atoms with E-state index >= 15 is 0 Å². The van der Waals surface area contributed by atoms with Gasteiger partial charge < -0.3 is 15.0 Å². The molecule has 0 bridgehead atoms. The SMILES string of the molecule is CC(C)(O)N1CC=CN(c2ncnc3[nH]ccc23)C1. The van der Waals surface area contributed by atoms with E-state index in [9.17, 15) is 5.11 Å². The second-order valence-electron chi connectivity index (χ2n) is 5.15. The Hall–Kier alpha value is -1.92. The minimum absolute atomic E-state index is 0.595. The first-order valence-corrected chi connectivity index (χ1v) is 6.24. The molecule has 2 aromatic rings. The van der Waals surface area contributed by atoms with Crippen LogP contribution in [0.15, 0.2) is 30.9 Å². The molecule has 6 nitrogen and oxygen atoms in total. The minimum Gasteiger partial charge on any atom is -0.376 e. The Balaban J connectivity index is 1.96. The van der Waals surface area contributed by atoms with Crippen LogP contribution in [0.5, 0.6) is 0 Å². The van der Waals surface area contributed by atoms with Crippen molar-refractivity contribution in [3.05, 3.63) is 30.9 Å². The molecule has 2 N–H and O–H groups in total. The molecule has 0 aliphatic carbocycles. The highest BCUT2D eigenvalue weighted by Crippen LogP contribution is 2.25. The number of aromatic nitrogens is 3. The lowest BCUT2D eigenvalue weighted by Gasteiger charge is -2.39. The Bertz CT molecular complexity index is 613. The normalized spacial score (nSPS) is 17.3. The van der Waals surface area contributed by atoms with Crippen LogP contribution in [0.2, 0.25) is 0 Å². The minimum atomic E-state index is -0.854. The van der Waals surface area contributed by atoms with Gasteiger partial charge in [0.15, 0.2) is 0 Å². The van der Waals surface area contributed by atoms with Crippen molar-refractivity contribution >= 4 is 16.9 Å². The molecule has 1 aliphatic heterocycles. The molecule has 0 saturated heterocycles. The maximum atomic E-state index is 10.1. The van der Waals surface area contributed by atoms with Crippen LogP contribution in [0.1, 0.15) is 13.8 Å². The number of hydrogen-bond donors (Lipinski definition) is 2. The van der Waals surface area contributed by atoms with Crippen LogP contribution in [0.25, 0.3) is 11.0 Å². The van der Waals surface area contributed by atoms with E-state index in [1.54, 1.807) is 20.2 Å². The molecule has 6 heteroatoms. The molecule has 1 aliphatic rings. The van der Waals surface area contributed by atoms with Crippen molar-refractivity contribution in [3.8, 4) is 0 Å². The average molecular weight is 259 g/mol. The van der Waals surface area contributed by atoms with Gasteiger partial charge in [-0.1, -0.05) is 6.08 Å². The van der Waals surface area contributed by atoms with Gasteiger partial charge in [0.25, 0.3) is 0 Å². The Morgan fingerprint density at radius 1 is 1.37 bits per heavy atom. The zero-order chi connectivity index (χ0) is 13.5. The van der Waals surface area contributed by atoms with Gasteiger partial charge in [-0.3, -0.25) is 4.90 Å². The van der Waals surface area contributed by atoms with Crippen LogP contribution in [0.4, 0.5) is 5.82 Å². The van der Waals surface area contributed by atoms with Gasteiger partial charge in [-0.25, -0.2) is 9.97 Å². The van der Waals surface area contributed by atoms with E-state index in [4.69, 9.17) is 0 Å². The van der Waals surface area contributed by atoms with Gasteiger partial charge in [0.2, 0.25) is 0 Å². The van der Waals surface area contributed by atoms with E-state index in [0.29, 0.717) is 6.67 Å². The third kappa shape index (κ3) is 2.20.